The van der Waals surface area contributed by atoms with Crippen molar-refractivity contribution in [2.45, 2.75) is 91.8 Å². The smallest absolute Gasteiger partial charge is 0.330 e. The van der Waals surface area contributed by atoms with E-state index in [2.05, 4.69) is 78.8 Å². The third-order valence-corrected chi connectivity index (χ3v) is 10.0. The molecule has 5 heteroatoms. The van der Waals surface area contributed by atoms with Crippen LogP contribution in [0.5, 0.6) is 0 Å². The molecule has 0 aliphatic carbocycles. The van der Waals surface area contributed by atoms with Crippen molar-refractivity contribution in [1.82, 2.24) is 0 Å². The third-order valence-electron chi connectivity index (χ3n) is 4.69. The van der Waals surface area contributed by atoms with Gasteiger partial charge in [-0.1, -0.05) is 66.3 Å². The lowest BCUT2D eigenvalue weighted by Gasteiger charge is -2.42. The van der Waals surface area contributed by atoms with E-state index in [1.165, 1.54) is 6.08 Å². The molecule has 0 saturated heterocycles. The van der Waals surface area contributed by atoms with E-state index in [-0.39, 0.29) is 22.5 Å². The summed E-state index contributed by atoms with van der Waals surface area (Å²) in [5, 5.41) is 0.128. The van der Waals surface area contributed by atoms with Crippen LogP contribution in [0.4, 0.5) is 0 Å². The molecule has 0 radical (unpaired) electrons. The molecule has 0 aromatic carbocycles. The van der Waals surface area contributed by atoms with E-state index in [0.29, 0.717) is 13.0 Å². The number of rotatable bonds is 7. The minimum absolute atomic E-state index is 0.128. The van der Waals surface area contributed by atoms with Crippen molar-refractivity contribution in [2.75, 3.05) is 6.61 Å². The highest BCUT2D eigenvalue weighted by Crippen LogP contribution is 2.40. The Hall–Kier alpha value is -0.836. The Morgan fingerprint density at radius 1 is 1.08 bits per heavy atom. The van der Waals surface area contributed by atoms with Crippen molar-refractivity contribution in [3.8, 4) is 11.5 Å². The molecule has 26 heavy (non-hydrogen) atoms. The number of allylic oxidation sites excluding steroid dienone is 1. The number of carbonyl (C=O) groups is 1. The van der Waals surface area contributed by atoms with E-state index in [1.54, 1.807) is 0 Å². The predicted molar refractivity (Wildman–Crippen MR) is 117 cm³/mol. The van der Waals surface area contributed by atoms with Crippen LogP contribution >= 0.6 is 0 Å². The van der Waals surface area contributed by atoms with Crippen LogP contribution in [0.1, 0.15) is 48.0 Å². The highest BCUT2D eigenvalue weighted by atomic mass is 28.4. The van der Waals surface area contributed by atoms with Gasteiger partial charge in [0.2, 0.25) is 0 Å². The van der Waals surface area contributed by atoms with Crippen LogP contribution in [0.25, 0.3) is 0 Å². The van der Waals surface area contributed by atoms with Gasteiger partial charge in [-0.25, -0.2) is 4.79 Å². The van der Waals surface area contributed by atoms with Crippen LogP contribution in [-0.2, 0) is 14.0 Å². The van der Waals surface area contributed by atoms with Crippen LogP contribution in [0.15, 0.2) is 12.2 Å². The van der Waals surface area contributed by atoms with Gasteiger partial charge in [-0.05, 0) is 31.5 Å². The zero-order valence-electron chi connectivity index (χ0n) is 18.9. The van der Waals surface area contributed by atoms with Gasteiger partial charge >= 0.3 is 5.97 Å². The largest absolute Gasteiger partial charge is 0.463 e. The molecular weight excluding hydrogens is 356 g/mol. The maximum Gasteiger partial charge on any atom is 0.330 e. The third kappa shape index (κ3) is 9.20. The van der Waals surface area contributed by atoms with Gasteiger partial charge in [0.25, 0.3) is 0 Å². The zero-order valence-corrected chi connectivity index (χ0v) is 20.9. The standard InChI is InChI=1S/C21H40O3Si2/c1-12-23-19(22)14-13-16-21(5,6)18(15-17-25(7,8)9)24-26(10,11)20(2,3)4/h13-14,18H,12,16H2,1-11H3/b14-13+. The van der Waals surface area contributed by atoms with E-state index in [9.17, 15) is 4.79 Å². The lowest BCUT2D eigenvalue weighted by Crippen LogP contribution is -2.47. The Balaban J connectivity index is 5.55. The topological polar surface area (TPSA) is 35.5 Å². The SMILES string of the molecule is CCOC(=O)/C=C/CC(C)(C)C(C#C[Si](C)(C)C)O[Si](C)(C)C(C)(C)C. The second-order valence-corrected chi connectivity index (χ2v) is 19.6. The molecule has 0 amide bonds. The summed E-state index contributed by atoms with van der Waals surface area (Å²) in [5.74, 6) is 3.17. The molecule has 1 unspecified atom stereocenters. The van der Waals surface area contributed by atoms with Gasteiger partial charge in [0.15, 0.2) is 8.32 Å². The molecule has 0 spiro atoms. The van der Waals surface area contributed by atoms with Crippen molar-refractivity contribution >= 4 is 22.4 Å². The fourth-order valence-corrected chi connectivity index (χ4v) is 3.78. The number of ether oxygens (including phenoxy) is 1. The first kappa shape index (κ1) is 25.2. The van der Waals surface area contributed by atoms with Crippen molar-refractivity contribution in [2.24, 2.45) is 5.41 Å². The van der Waals surface area contributed by atoms with Crippen molar-refractivity contribution in [3.05, 3.63) is 12.2 Å². The molecule has 0 rings (SSSR count). The highest BCUT2D eigenvalue weighted by molar-refractivity contribution is 6.83. The average molecular weight is 397 g/mol. The Labute approximate surface area is 164 Å². The molecule has 0 aromatic heterocycles. The number of hydrogen-bond acceptors (Lipinski definition) is 3. The van der Waals surface area contributed by atoms with E-state index in [0.717, 1.165) is 0 Å². The molecule has 0 aromatic rings. The molecule has 1 atom stereocenters. The Morgan fingerprint density at radius 3 is 2.04 bits per heavy atom. The fraction of sp³-hybridized carbons (Fsp3) is 0.762. The van der Waals surface area contributed by atoms with Crippen LogP contribution in [0.2, 0.25) is 37.8 Å². The van der Waals surface area contributed by atoms with Gasteiger partial charge in [-0.3, -0.25) is 0 Å². The van der Waals surface area contributed by atoms with E-state index < -0.39 is 16.4 Å². The number of carbonyl (C=O) groups excluding carboxylic acids is 1. The summed E-state index contributed by atoms with van der Waals surface area (Å²) in [4.78, 5) is 11.6. The molecule has 150 valence electrons. The minimum Gasteiger partial charge on any atom is -0.463 e. The normalized spacial score (nSPS) is 14.7. The van der Waals surface area contributed by atoms with E-state index in [4.69, 9.17) is 9.16 Å². The quantitative estimate of drug-likeness (QED) is 0.236. The second-order valence-electron chi connectivity index (χ2n) is 10.1. The molecule has 3 nitrogen and oxygen atoms in total. The summed E-state index contributed by atoms with van der Waals surface area (Å²) in [7, 11) is -3.45. The van der Waals surface area contributed by atoms with Crippen LogP contribution in [-0.4, -0.2) is 35.1 Å². The molecule has 0 fully saturated rings. The molecule has 0 heterocycles. The zero-order chi connectivity index (χ0) is 20.8. The summed E-state index contributed by atoms with van der Waals surface area (Å²) >= 11 is 0. The molecule has 0 aliphatic rings. The Kier molecular flexibility index (Phi) is 9.09. The summed E-state index contributed by atoms with van der Waals surface area (Å²) in [6.07, 6.45) is 3.96. The van der Waals surface area contributed by atoms with Gasteiger partial charge < -0.3 is 9.16 Å². The molecule has 0 N–H and O–H groups in total. The lowest BCUT2D eigenvalue weighted by atomic mass is 9.83. The van der Waals surface area contributed by atoms with Gasteiger partial charge in [0.1, 0.15) is 14.2 Å². The van der Waals surface area contributed by atoms with E-state index >= 15 is 0 Å². The van der Waals surface area contributed by atoms with Crippen molar-refractivity contribution in [3.63, 3.8) is 0 Å². The maximum atomic E-state index is 11.6. The van der Waals surface area contributed by atoms with Crippen LogP contribution in [0.3, 0.4) is 0 Å². The monoisotopic (exact) mass is 396 g/mol. The molecule has 0 aliphatic heterocycles. The van der Waals surface area contributed by atoms with Gasteiger partial charge in [0.05, 0.1) is 6.61 Å². The second kappa shape index (κ2) is 9.39. The maximum absolute atomic E-state index is 11.6. The average Bonchev–Trinajstić information content (AvgIpc) is 2.41. The van der Waals surface area contributed by atoms with Crippen LogP contribution < -0.4 is 0 Å². The van der Waals surface area contributed by atoms with E-state index in [1.807, 2.05) is 13.0 Å². The number of esters is 1. The summed E-state index contributed by atoms with van der Waals surface area (Å²) in [6, 6.07) is 0. The fourth-order valence-electron chi connectivity index (χ4n) is 1.89. The van der Waals surface area contributed by atoms with Gasteiger partial charge in [-0.2, -0.15) is 0 Å². The lowest BCUT2D eigenvalue weighted by molar-refractivity contribution is -0.137. The first-order chi connectivity index (χ1) is 11.5. The number of hydrogen-bond donors (Lipinski definition) is 0. The first-order valence-electron chi connectivity index (χ1n) is 9.56. The van der Waals surface area contributed by atoms with Crippen molar-refractivity contribution < 1.29 is 14.0 Å². The van der Waals surface area contributed by atoms with Crippen LogP contribution in [0, 0.1) is 16.9 Å². The summed E-state index contributed by atoms with van der Waals surface area (Å²) in [6.45, 7) is 24.5. The van der Waals surface area contributed by atoms with Crippen molar-refractivity contribution in [1.29, 1.82) is 0 Å². The highest BCUT2D eigenvalue weighted by Gasteiger charge is 2.42. The van der Waals surface area contributed by atoms with Gasteiger partial charge in [0, 0.05) is 11.5 Å². The Bertz CT molecular complexity index is 553. The molecule has 0 saturated carbocycles. The Morgan fingerprint density at radius 2 is 1.62 bits per heavy atom. The summed E-state index contributed by atoms with van der Waals surface area (Å²) < 4.78 is 11.7. The predicted octanol–water partition coefficient (Wildman–Crippen LogP) is 5.79. The minimum atomic E-state index is -1.95. The molecular formula is C21H40O3Si2. The van der Waals surface area contributed by atoms with Gasteiger partial charge in [-0.15, -0.1) is 5.54 Å². The molecule has 0 bridgehead atoms. The first-order valence-corrected chi connectivity index (χ1v) is 16.0. The summed E-state index contributed by atoms with van der Waals surface area (Å²) in [5.41, 5.74) is 3.30.